The number of benzene rings is 2. The molecule has 0 unspecified atom stereocenters. The van der Waals surface area contributed by atoms with Crippen molar-refractivity contribution in [1.82, 2.24) is 15.3 Å². The number of aromatic hydroxyl groups is 1. The van der Waals surface area contributed by atoms with Gasteiger partial charge in [-0.15, -0.1) is 0 Å². The number of phenolic OH excluding ortho intramolecular Hbond substituents is 1. The van der Waals surface area contributed by atoms with Gasteiger partial charge in [-0.2, -0.15) is 0 Å². The molecule has 0 radical (unpaired) electrons. The van der Waals surface area contributed by atoms with Crippen LogP contribution in [0, 0.1) is 0 Å². The summed E-state index contributed by atoms with van der Waals surface area (Å²) in [6.45, 7) is 1.60. The van der Waals surface area contributed by atoms with Crippen LogP contribution in [0.4, 0.5) is 0 Å². The van der Waals surface area contributed by atoms with E-state index in [1.54, 1.807) is 24.5 Å². The van der Waals surface area contributed by atoms with Gasteiger partial charge in [-0.05, 0) is 66.6 Å². The van der Waals surface area contributed by atoms with Crippen molar-refractivity contribution in [3.63, 3.8) is 0 Å². The first kappa shape index (κ1) is 18.6. The van der Waals surface area contributed by atoms with Gasteiger partial charge in [0.1, 0.15) is 5.75 Å². The maximum absolute atomic E-state index is 9.79. The number of phenols is 1. The van der Waals surface area contributed by atoms with E-state index in [1.807, 2.05) is 18.2 Å². The zero-order valence-corrected chi connectivity index (χ0v) is 16.9. The second-order valence-electron chi connectivity index (χ2n) is 6.66. The number of aromatic nitrogens is 2. The monoisotopic (exact) mass is 433 g/mol. The third-order valence-corrected chi connectivity index (χ3v) is 5.18. The number of pyridine rings is 2. The zero-order chi connectivity index (χ0) is 19.3. The molecule has 0 fully saturated rings. The third-order valence-electron chi connectivity index (χ3n) is 4.65. The first-order valence-corrected chi connectivity index (χ1v) is 9.96. The fourth-order valence-corrected chi connectivity index (χ4v) is 3.46. The number of nitrogens with zero attached hydrogens (tertiary/aromatic N) is 2. The maximum Gasteiger partial charge on any atom is 0.117 e. The largest absolute Gasteiger partial charge is 0.508 e. The fourth-order valence-electron chi connectivity index (χ4n) is 3.20. The van der Waals surface area contributed by atoms with Gasteiger partial charge >= 0.3 is 0 Å². The maximum atomic E-state index is 9.79. The summed E-state index contributed by atoms with van der Waals surface area (Å²) in [6.07, 6.45) is 4.51. The van der Waals surface area contributed by atoms with Crippen molar-refractivity contribution in [3.8, 4) is 17.0 Å². The van der Waals surface area contributed by atoms with Gasteiger partial charge in [0.05, 0.1) is 11.2 Å². The number of rotatable bonds is 6. The quantitative estimate of drug-likeness (QED) is 0.415. The Morgan fingerprint density at radius 2 is 1.71 bits per heavy atom. The zero-order valence-electron chi connectivity index (χ0n) is 15.3. The highest BCUT2D eigenvalue weighted by molar-refractivity contribution is 9.10. The highest BCUT2D eigenvalue weighted by Gasteiger charge is 2.10. The van der Waals surface area contributed by atoms with E-state index in [2.05, 4.69) is 56.6 Å². The molecule has 0 bridgehead atoms. The van der Waals surface area contributed by atoms with Crippen molar-refractivity contribution in [2.75, 3.05) is 6.54 Å². The Balaban J connectivity index is 1.56. The van der Waals surface area contributed by atoms with E-state index < -0.39 is 0 Å². The summed E-state index contributed by atoms with van der Waals surface area (Å²) in [7, 11) is 0. The lowest BCUT2D eigenvalue weighted by Crippen LogP contribution is -2.17. The van der Waals surface area contributed by atoms with Crippen LogP contribution in [0.1, 0.15) is 11.1 Å². The molecule has 0 atom stereocenters. The van der Waals surface area contributed by atoms with E-state index >= 15 is 0 Å². The number of halogens is 1. The van der Waals surface area contributed by atoms with Crippen LogP contribution in [-0.4, -0.2) is 21.6 Å². The van der Waals surface area contributed by atoms with Gasteiger partial charge in [-0.25, -0.2) is 4.98 Å². The highest BCUT2D eigenvalue weighted by Crippen LogP contribution is 2.27. The van der Waals surface area contributed by atoms with E-state index in [1.165, 1.54) is 5.56 Å². The number of hydrogen-bond donors (Lipinski definition) is 2. The number of nitrogens with one attached hydrogen (secondary N) is 1. The summed E-state index contributed by atoms with van der Waals surface area (Å²) in [6, 6.07) is 19.8. The molecule has 5 heteroatoms. The Bertz CT molecular complexity index is 1080. The second kappa shape index (κ2) is 8.50. The van der Waals surface area contributed by atoms with Crippen LogP contribution in [0.25, 0.3) is 22.2 Å². The van der Waals surface area contributed by atoms with Crippen molar-refractivity contribution in [2.45, 2.75) is 13.0 Å². The molecule has 4 rings (SSSR count). The minimum Gasteiger partial charge on any atom is -0.508 e. The van der Waals surface area contributed by atoms with Gasteiger partial charge in [0.25, 0.3) is 0 Å². The molecule has 2 N–H and O–H groups in total. The van der Waals surface area contributed by atoms with Crippen LogP contribution < -0.4 is 5.32 Å². The molecule has 0 amide bonds. The minimum absolute atomic E-state index is 0.223. The molecule has 2 aromatic heterocycles. The topological polar surface area (TPSA) is 58.0 Å². The Labute approximate surface area is 172 Å². The molecule has 0 saturated carbocycles. The van der Waals surface area contributed by atoms with E-state index in [4.69, 9.17) is 4.98 Å². The van der Waals surface area contributed by atoms with E-state index in [0.29, 0.717) is 0 Å². The normalized spacial score (nSPS) is 11.0. The van der Waals surface area contributed by atoms with Crippen LogP contribution in [0.2, 0.25) is 0 Å². The van der Waals surface area contributed by atoms with Crippen LogP contribution in [0.3, 0.4) is 0 Å². The van der Waals surface area contributed by atoms with Crippen molar-refractivity contribution in [2.24, 2.45) is 0 Å². The molecular weight excluding hydrogens is 414 g/mol. The molecule has 28 heavy (non-hydrogen) atoms. The van der Waals surface area contributed by atoms with E-state index in [9.17, 15) is 5.11 Å². The lowest BCUT2D eigenvalue weighted by atomic mass is 10.0. The van der Waals surface area contributed by atoms with Crippen LogP contribution in [0.15, 0.2) is 77.5 Å². The molecule has 140 valence electrons. The summed E-state index contributed by atoms with van der Waals surface area (Å²) < 4.78 is 1.10. The number of fused-ring (bicyclic) bond motifs is 1. The lowest BCUT2D eigenvalue weighted by molar-refractivity contribution is 0.476. The molecule has 0 aliphatic heterocycles. The molecule has 2 aromatic carbocycles. The Morgan fingerprint density at radius 3 is 2.50 bits per heavy atom. The van der Waals surface area contributed by atoms with Gasteiger partial charge in [0, 0.05) is 40.4 Å². The third kappa shape index (κ3) is 4.38. The molecule has 4 nitrogen and oxygen atoms in total. The van der Waals surface area contributed by atoms with Gasteiger partial charge in [0.2, 0.25) is 0 Å². The van der Waals surface area contributed by atoms with Gasteiger partial charge in [-0.3, -0.25) is 4.98 Å². The molecule has 0 spiro atoms. The van der Waals surface area contributed by atoms with Gasteiger partial charge in [-0.1, -0.05) is 28.1 Å². The first-order chi connectivity index (χ1) is 13.7. The summed E-state index contributed by atoms with van der Waals surface area (Å²) in [5, 5.41) is 14.3. The molecular formula is C23H20BrN3O. The van der Waals surface area contributed by atoms with E-state index in [0.717, 1.165) is 51.7 Å². The standard InChI is InChI=1S/C23H20BrN3O/c24-20-4-1-16(2-5-20)7-10-26-15-19-13-18-3-6-21(28)14-22(18)27-23(19)17-8-11-25-12-9-17/h1-6,8-9,11-14,26,28H,7,10,15H2. The summed E-state index contributed by atoms with van der Waals surface area (Å²) in [5.41, 5.74) is 5.14. The second-order valence-corrected chi connectivity index (χ2v) is 7.58. The van der Waals surface area contributed by atoms with E-state index in [-0.39, 0.29) is 5.75 Å². The minimum atomic E-state index is 0.223. The highest BCUT2D eigenvalue weighted by atomic mass is 79.9. The lowest BCUT2D eigenvalue weighted by Gasteiger charge is -2.12. The average molecular weight is 434 g/mol. The summed E-state index contributed by atoms with van der Waals surface area (Å²) in [5.74, 6) is 0.223. The van der Waals surface area contributed by atoms with Crippen molar-refractivity contribution in [3.05, 3.63) is 88.7 Å². The average Bonchev–Trinajstić information content (AvgIpc) is 2.72. The molecule has 2 heterocycles. The smallest absolute Gasteiger partial charge is 0.117 e. The fraction of sp³-hybridized carbons (Fsp3) is 0.130. The first-order valence-electron chi connectivity index (χ1n) is 9.17. The molecule has 4 aromatic rings. The van der Waals surface area contributed by atoms with Crippen molar-refractivity contribution < 1.29 is 5.11 Å². The summed E-state index contributed by atoms with van der Waals surface area (Å²) >= 11 is 3.47. The van der Waals surface area contributed by atoms with Crippen LogP contribution in [-0.2, 0) is 13.0 Å². The van der Waals surface area contributed by atoms with Gasteiger partial charge < -0.3 is 10.4 Å². The molecule has 0 saturated heterocycles. The van der Waals surface area contributed by atoms with Crippen LogP contribution >= 0.6 is 15.9 Å². The Hall–Kier alpha value is -2.76. The van der Waals surface area contributed by atoms with Crippen molar-refractivity contribution in [1.29, 1.82) is 0 Å². The summed E-state index contributed by atoms with van der Waals surface area (Å²) in [4.78, 5) is 8.93. The predicted molar refractivity (Wildman–Crippen MR) is 116 cm³/mol. The Morgan fingerprint density at radius 1 is 0.929 bits per heavy atom. The molecule has 0 aliphatic rings. The predicted octanol–water partition coefficient (Wildman–Crippen LogP) is 5.10. The van der Waals surface area contributed by atoms with Crippen molar-refractivity contribution >= 4 is 26.8 Å². The SMILES string of the molecule is Oc1ccc2cc(CNCCc3ccc(Br)cc3)c(-c3ccncc3)nc2c1. The Kier molecular flexibility index (Phi) is 5.65. The van der Waals surface area contributed by atoms with Gasteiger partial charge in [0.15, 0.2) is 0 Å². The molecule has 0 aliphatic carbocycles. The number of hydrogen-bond acceptors (Lipinski definition) is 4. The van der Waals surface area contributed by atoms with Crippen LogP contribution in [0.5, 0.6) is 5.75 Å².